The lowest BCUT2D eigenvalue weighted by Gasteiger charge is -2.19. The van der Waals surface area contributed by atoms with E-state index in [0.29, 0.717) is 23.0 Å². The summed E-state index contributed by atoms with van der Waals surface area (Å²) in [7, 11) is 0. The molecule has 1 saturated heterocycles. The Hall–Kier alpha value is -2.66. The summed E-state index contributed by atoms with van der Waals surface area (Å²) in [5.41, 5.74) is 6.47. The van der Waals surface area contributed by atoms with E-state index in [2.05, 4.69) is 31.4 Å². The normalized spacial score (nSPS) is 15.5. The third-order valence-electron chi connectivity index (χ3n) is 3.44. The van der Waals surface area contributed by atoms with Crippen molar-refractivity contribution in [2.75, 3.05) is 36.8 Å². The maximum atomic E-state index is 9.40. The molecule has 3 N–H and O–H groups in total. The fourth-order valence-corrected chi connectivity index (χ4v) is 2.39. The van der Waals surface area contributed by atoms with Crippen LogP contribution in [0.1, 0.15) is 12.0 Å². The number of nitrogens with zero attached hydrogens (tertiary/aromatic N) is 6. The minimum absolute atomic E-state index is 0.309. The van der Waals surface area contributed by atoms with E-state index in [1.807, 2.05) is 0 Å². The highest BCUT2D eigenvalue weighted by Crippen LogP contribution is 2.26. The van der Waals surface area contributed by atoms with Gasteiger partial charge in [0.2, 0.25) is 0 Å². The Morgan fingerprint density at radius 3 is 3.00 bits per heavy atom. The molecular formula is C13H16N8. The Morgan fingerprint density at radius 1 is 1.33 bits per heavy atom. The average Bonchev–Trinajstić information content (AvgIpc) is 2.70. The van der Waals surface area contributed by atoms with Gasteiger partial charge < -0.3 is 16.0 Å². The fraction of sp³-hybridized carbons (Fsp3) is 0.385. The molecule has 1 aliphatic rings. The molecule has 0 spiro atoms. The highest BCUT2D eigenvalue weighted by Gasteiger charge is 2.22. The summed E-state index contributed by atoms with van der Waals surface area (Å²) in [5.74, 6) is 1.49. The number of hydrogen-bond donors (Lipinski definition) is 2. The lowest BCUT2D eigenvalue weighted by molar-refractivity contribution is 0.724. The first kappa shape index (κ1) is 13.3. The van der Waals surface area contributed by atoms with Crippen LogP contribution in [0.4, 0.5) is 11.6 Å². The Balaban J connectivity index is 2.03. The third kappa shape index (κ3) is 2.51. The fourth-order valence-electron chi connectivity index (χ4n) is 2.39. The quantitative estimate of drug-likeness (QED) is 0.793. The molecule has 1 fully saturated rings. The van der Waals surface area contributed by atoms with Gasteiger partial charge in [-0.25, -0.2) is 9.97 Å². The maximum Gasteiger partial charge on any atom is 0.171 e. The lowest BCUT2D eigenvalue weighted by Crippen LogP contribution is -2.28. The van der Waals surface area contributed by atoms with Crippen molar-refractivity contribution in [2.45, 2.75) is 6.42 Å². The molecule has 0 aromatic carbocycles. The molecule has 0 unspecified atom stereocenters. The molecule has 0 radical (unpaired) electrons. The molecule has 3 heterocycles. The van der Waals surface area contributed by atoms with Crippen molar-refractivity contribution in [3.8, 4) is 11.9 Å². The predicted molar refractivity (Wildman–Crippen MR) is 78.0 cm³/mol. The topological polar surface area (TPSA) is 109 Å². The summed E-state index contributed by atoms with van der Waals surface area (Å²) in [6.45, 7) is 3.49. The van der Waals surface area contributed by atoms with Gasteiger partial charge in [0.25, 0.3) is 0 Å². The first-order valence-electron chi connectivity index (χ1n) is 6.82. The van der Waals surface area contributed by atoms with Gasteiger partial charge in [0, 0.05) is 31.9 Å². The zero-order valence-corrected chi connectivity index (χ0v) is 11.5. The molecular weight excluding hydrogens is 268 g/mol. The van der Waals surface area contributed by atoms with Gasteiger partial charge in [-0.15, -0.1) is 5.10 Å². The van der Waals surface area contributed by atoms with E-state index >= 15 is 0 Å². The van der Waals surface area contributed by atoms with Gasteiger partial charge in [-0.2, -0.15) is 9.94 Å². The van der Waals surface area contributed by atoms with Gasteiger partial charge in [0.15, 0.2) is 11.6 Å². The van der Waals surface area contributed by atoms with Crippen LogP contribution >= 0.6 is 0 Å². The summed E-state index contributed by atoms with van der Waals surface area (Å²) < 4.78 is 1.49. The maximum absolute atomic E-state index is 9.40. The molecule has 2 aromatic rings. The molecule has 0 atom stereocenters. The minimum atomic E-state index is 0.309. The Labute approximate surface area is 122 Å². The Kier molecular flexibility index (Phi) is 3.66. The molecule has 0 bridgehead atoms. The molecule has 0 saturated carbocycles. The summed E-state index contributed by atoms with van der Waals surface area (Å²) in [6.07, 6.45) is 4.05. The molecule has 8 heteroatoms. The predicted octanol–water partition coefficient (Wildman–Crippen LogP) is -0.0841. The van der Waals surface area contributed by atoms with Gasteiger partial charge in [0.05, 0.1) is 0 Å². The van der Waals surface area contributed by atoms with Crippen molar-refractivity contribution in [1.29, 1.82) is 5.26 Å². The lowest BCUT2D eigenvalue weighted by atomic mass is 10.3. The number of nitriles is 1. The second kappa shape index (κ2) is 5.76. The standard InChI is InChI=1S/C13H16N8/c14-8-10-12(15)21(11-2-4-17-9-18-11)19-13(10)20-6-1-3-16-5-7-20/h2,4,9,16H,1,3,5-7,15H2. The highest BCUT2D eigenvalue weighted by atomic mass is 15.4. The van der Waals surface area contributed by atoms with Gasteiger partial charge in [-0.3, -0.25) is 0 Å². The van der Waals surface area contributed by atoms with Crippen molar-refractivity contribution in [2.24, 2.45) is 0 Å². The summed E-state index contributed by atoms with van der Waals surface area (Å²) in [6, 6.07) is 3.86. The van der Waals surface area contributed by atoms with Crippen LogP contribution in [0.25, 0.3) is 5.82 Å². The summed E-state index contributed by atoms with van der Waals surface area (Å²) in [4.78, 5) is 10.1. The molecule has 1 aliphatic heterocycles. The SMILES string of the molecule is N#Cc1c(N2CCCNCC2)nn(-c2ccncn2)c1N. The number of anilines is 2. The number of nitrogens with one attached hydrogen (secondary N) is 1. The van der Waals surface area contributed by atoms with Crippen LogP contribution in [0, 0.1) is 11.3 Å². The average molecular weight is 284 g/mol. The third-order valence-corrected chi connectivity index (χ3v) is 3.44. The molecule has 0 aliphatic carbocycles. The van der Waals surface area contributed by atoms with Gasteiger partial charge in [-0.05, 0) is 13.0 Å². The number of nitrogen functional groups attached to an aromatic ring is 1. The molecule has 21 heavy (non-hydrogen) atoms. The van der Waals surface area contributed by atoms with Crippen LogP contribution < -0.4 is 16.0 Å². The van der Waals surface area contributed by atoms with Crippen molar-refractivity contribution in [3.05, 3.63) is 24.2 Å². The largest absolute Gasteiger partial charge is 0.382 e. The van der Waals surface area contributed by atoms with Crippen molar-refractivity contribution >= 4 is 11.6 Å². The van der Waals surface area contributed by atoms with Crippen LogP contribution in [0.15, 0.2) is 18.6 Å². The number of nitrogens with two attached hydrogens (primary N) is 1. The second-order valence-corrected chi connectivity index (χ2v) is 4.77. The van der Waals surface area contributed by atoms with Crippen LogP contribution in [0.2, 0.25) is 0 Å². The summed E-state index contributed by atoms with van der Waals surface area (Å²) >= 11 is 0. The highest BCUT2D eigenvalue weighted by molar-refractivity contribution is 5.66. The molecule has 0 amide bonds. The van der Waals surface area contributed by atoms with Crippen molar-refractivity contribution in [3.63, 3.8) is 0 Å². The van der Waals surface area contributed by atoms with E-state index in [0.717, 1.165) is 32.6 Å². The summed E-state index contributed by atoms with van der Waals surface area (Å²) in [5, 5.41) is 17.2. The first-order valence-corrected chi connectivity index (χ1v) is 6.82. The van der Waals surface area contributed by atoms with E-state index in [1.165, 1.54) is 11.0 Å². The number of hydrogen-bond acceptors (Lipinski definition) is 7. The molecule has 3 rings (SSSR count). The van der Waals surface area contributed by atoms with Crippen LogP contribution in [-0.4, -0.2) is 45.9 Å². The first-order chi connectivity index (χ1) is 10.3. The van der Waals surface area contributed by atoms with Gasteiger partial charge in [0.1, 0.15) is 23.8 Å². The molecule has 8 nitrogen and oxygen atoms in total. The molecule has 108 valence electrons. The minimum Gasteiger partial charge on any atom is -0.382 e. The van der Waals surface area contributed by atoms with Crippen LogP contribution in [-0.2, 0) is 0 Å². The van der Waals surface area contributed by atoms with Gasteiger partial charge >= 0.3 is 0 Å². The zero-order chi connectivity index (χ0) is 14.7. The van der Waals surface area contributed by atoms with Gasteiger partial charge in [-0.1, -0.05) is 0 Å². The zero-order valence-electron chi connectivity index (χ0n) is 11.5. The van der Waals surface area contributed by atoms with E-state index in [4.69, 9.17) is 5.73 Å². The number of aromatic nitrogens is 4. The van der Waals surface area contributed by atoms with E-state index in [-0.39, 0.29) is 0 Å². The number of rotatable bonds is 2. The monoisotopic (exact) mass is 284 g/mol. The van der Waals surface area contributed by atoms with E-state index < -0.39 is 0 Å². The molecule has 2 aromatic heterocycles. The Morgan fingerprint density at radius 2 is 2.24 bits per heavy atom. The van der Waals surface area contributed by atoms with Crippen LogP contribution in [0.3, 0.4) is 0 Å². The van der Waals surface area contributed by atoms with E-state index in [1.54, 1.807) is 12.3 Å². The van der Waals surface area contributed by atoms with Crippen molar-refractivity contribution in [1.82, 2.24) is 25.1 Å². The smallest absolute Gasteiger partial charge is 0.171 e. The van der Waals surface area contributed by atoms with Crippen molar-refractivity contribution < 1.29 is 0 Å². The Bertz CT molecular complexity index is 649. The van der Waals surface area contributed by atoms with E-state index in [9.17, 15) is 5.26 Å². The second-order valence-electron chi connectivity index (χ2n) is 4.77. The van der Waals surface area contributed by atoms with Crippen LogP contribution in [0.5, 0.6) is 0 Å².